The van der Waals surface area contributed by atoms with Crippen molar-refractivity contribution in [1.29, 1.82) is 0 Å². The van der Waals surface area contributed by atoms with Gasteiger partial charge in [-0.05, 0) is 13.0 Å². The average molecular weight is 71.1 g/mol. The highest BCUT2D eigenvalue weighted by atomic mass is 14.0. The van der Waals surface area contributed by atoms with Crippen LogP contribution in [0.3, 0.4) is 0 Å². The second kappa shape index (κ2) is 9.77. The van der Waals surface area contributed by atoms with E-state index in [9.17, 15) is 0 Å². The van der Waals surface area contributed by atoms with Crippen LogP contribution in [0.4, 0.5) is 0 Å². The predicted molar refractivity (Wildman–Crippen MR) is 24.4 cm³/mol. The molecule has 0 aromatic carbocycles. The van der Waals surface area contributed by atoms with E-state index in [2.05, 4.69) is 12.3 Å². The van der Waals surface area contributed by atoms with Gasteiger partial charge < -0.3 is 6.15 Å². The summed E-state index contributed by atoms with van der Waals surface area (Å²) in [6.07, 6.45) is 1.76. The Morgan fingerprint density at radius 2 is 2.00 bits per heavy atom. The van der Waals surface area contributed by atoms with Gasteiger partial charge in [0.25, 0.3) is 0 Å². The second-order valence-corrected chi connectivity index (χ2v) is 0.493. The lowest BCUT2D eigenvalue weighted by atomic mass is 10.7. The van der Waals surface area contributed by atoms with Gasteiger partial charge in [0.15, 0.2) is 0 Å². The normalized spacial score (nSPS) is 3.40. The summed E-state index contributed by atoms with van der Waals surface area (Å²) in [6, 6.07) is 0. The van der Waals surface area contributed by atoms with Crippen LogP contribution in [0.5, 0.6) is 0 Å². The molecule has 0 aliphatic heterocycles. The van der Waals surface area contributed by atoms with E-state index in [0.29, 0.717) is 0 Å². The van der Waals surface area contributed by atoms with Gasteiger partial charge in [0, 0.05) is 0 Å². The van der Waals surface area contributed by atoms with Gasteiger partial charge in [-0.3, -0.25) is 0 Å². The summed E-state index contributed by atoms with van der Waals surface area (Å²) < 4.78 is 0. The van der Waals surface area contributed by atoms with E-state index in [1.165, 1.54) is 0 Å². The highest BCUT2D eigenvalue weighted by molar-refractivity contribution is 4.67. The van der Waals surface area contributed by atoms with Crippen LogP contribution in [0.2, 0.25) is 0 Å². The molecule has 1 heteroatoms. The molecule has 0 fully saturated rings. The molecule has 0 aliphatic rings. The summed E-state index contributed by atoms with van der Waals surface area (Å²) in [5.74, 6) is 0. The fraction of sp³-hybridized carbons (Fsp3) is 0.250. The van der Waals surface area contributed by atoms with Crippen LogP contribution in [0.25, 0.3) is 0 Å². The van der Waals surface area contributed by atoms with Crippen molar-refractivity contribution in [2.45, 2.75) is 6.92 Å². The highest BCUT2D eigenvalue weighted by Gasteiger charge is 1.24. The fourth-order valence-corrected chi connectivity index (χ4v) is 0. The van der Waals surface area contributed by atoms with Crippen molar-refractivity contribution in [3.8, 4) is 0 Å². The zero-order chi connectivity index (χ0) is 3.41. The first-order chi connectivity index (χ1) is 1.91. The minimum Gasteiger partial charge on any atom is -0.344 e. The van der Waals surface area contributed by atoms with Gasteiger partial charge in [0.1, 0.15) is 0 Å². The molecule has 0 radical (unpaired) electrons. The van der Waals surface area contributed by atoms with Gasteiger partial charge in [-0.15, -0.1) is 5.73 Å². The second-order valence-electron chi connectivity index (χ2n) is 0.493. The SMILES string of the molecule is C=C=CC.N. The quantitative estimate of drug-likeness (QED) is 0.431. The molecule has 30 valence electrons. The summed E-state index contributed by atoms with van der Waals surface area (Å²) in [7, 11) is 0. The lowest BCUT2D eigenvalue weighted by Gasteiger charge is -1.37. The van der Waals surface area contributed by atoms with Gasteiger partial charge in [-0.2, -0.15) is 0 Å². The number of rotatable bonds is 0. The van der Waals surface area contributed by atoms with Crippen LogP contribution >= 0.6 is 0 Å². The van der Waals surface area contributed by atoms with Crippen LogP contribution in [0, 0.1) is 0 Å². The molecule has 1 nitrogen and oxygen atoms in total. The van der Waals surface area contributed by atoms with Gasteiger partial charge in [-0.25, -0.2) is 0 Å². The molecule has 0 atom stereocenters. The molecule has 5 heavy (non-hydrogen) atoms. The molecule has 0 rings (SSSR count). The summed E-state index contributed by atoms with van der Waals surface area (Å²) >= 11 is 0. The maximum Gasteiger partial charge on any atom is -0.0393 e. The topological polar surface area (TPSA) is 35.0 Å². The zero-order valence-corrected chi connectivity index (χ0v) is 3.49. The molecule has 0 bridgehead atoms. The molecule has 0 unspecified atom stereocenters. The average Bonchev–Trinajstić information content (AvgIpc) is 1.37. The van der Waals surface area contributed by atoms with Crippen molar-refractivity contribution in [1.82, 2.24) is 6.15 Å². The van der Waals surface area contributed by atoms with E-state index in [-0.39, 0.29) is 6.15 Å². The van der Waals surface area contributed by atoms with Crippen LogP contribution in [-0.2, 0) is 0 Å². The lowest BCUT2D eigenvalue weighted by molar-refractivity contribution is 1.78. The molecule has 0 amide bonds. The molecule has 0 saturated carbocycles. The maximum atomic E-state index is 3.30. The van der Waals surface area contributed by atoms with Crippen LogP contribution in [-0.4, -0.2) is 0 Å². The minimum atomic E-state index is 0. The third kappa shape index (κ3) is 33.1. The van der Waals surface area contributed by atoms with E-state index >= 15 is 0 Å². The molecule has 0 spiro atoms. The van der Waals surface area contributed by atoms with E-state index < -0.39 is 0 Å². The van der Waals surface area contributed by atoms with E-state index in [4.69, 9.17) is 0 Å². The van der Waals surface area contributed by atoms with Crippen molar-refractivity contribution >= 4 is 0 Å². The summed E-state index contributed by atoms with van der Waals surface area (Å²) in [4.78, 5) is 0. The number of hydrogen-bond acceptors (Lipinski definition) is 1. The smallest absolute Gasteiger partial charge is 0.0393 e. The Hall–Kier alpha value is -0.520. The molecule has 0 aromatic rings. The third-order valence-electron chi connectivity index (χ3n) is 0.204. The zero-order valence-electron chi connectivity index (χ0n) is 3.49. The van der Waals surface area contributed by atoms with Crippen LogP contribution < -0.4 is 6.15 Å². The van der Waals surface area contributed by atoms with E-state index in [1.807, 2.05) is 6.92 Å². The Labute approximate surface area is 32.6 Å². The van der Waals surface area contributed by atoms with E-state index in [1.54, 1.807) is 6.08 Å². The molecule has 0 saturated heterocycles. The molecular formula is C4H9N. The molecule has 3 N–H and O–H groups in total. The van der Waals surface area contributed by atoms with Gasteiger partial charge in [0.05, 0.1) is 0 Å². The van der Waals surface area contributed by atoms with Gasteiger partial charge in [-0.1, -0.05) is 6.58 Å². The first kappa shape index (κ1) is 8.82. The van der Waals surface area contributed by atoms with Crippen LogP contribution in [0.1, 0.15) is 6.92 Å². The molecule has 0 aliphatic carbocycles. The Balaban J connectivity index is 0. The Morgan fingerprint density at radius 1 is 1.80 bits per heavy atom. The Morgan fingerprint density at radius 3 is 2.00 bits per heavy atom. The number of allylic oxidation sites excluding steroid dienone is 1. The van der Waals surface area contributed by atoms with Crippen molar-refractivity contribution in [2.24, 2.45) is 0 Å². The van der Waals surface area contributed by atoms with Gasteiger partial charge in [0.2, 0.25) is 0 Å². The van der Waals surface area contributed by atoms with Crippen molar-refractivity contribution < 1.29 is 0 Å². The van der Waals surface area contributed by atoms with E-state index in [0.717, 1.165) is 0 Å². The first-order valence-corrected chi connectivity index (χ1v) is 1.22. The van der Waals surface area contributed by atoms with Crippen molar-refractivity contribution in [2.75, 3.05) is 0 Å². The lowest BCUT2D eigenvalue weighted by Crippen LogP contribution is -1.15. The Bertz CT molecular complexity index is 41.6. The maximum absolute atomic E-state index is 3.30. The van der Waals surface area contributed by atoms with Gasteiger partial charge >= 0.3 is 0 Å². The molecular weight excluding hydrogens is 62.1 g/mol. The summed E-state index contributed by atoms with van der Waals surface area (Å²) in [5, 5.41) is 0. The first-order valence-electron chi connectivity index (χ1n) is 1.22. The molecule has 0 aromatic heterocycles. The number of hydrogen-bond donors (Lipinski definition) is 1. The standard InChI is InChI=1S/C4H6.H3N/c1-3-4-2;/h4H,1H2,2H3;1H3. The summed E-state index contributed by atoms with van der Waals surface area (Å²) in [6.45, 7) is 5.18. The highest BCUT2D eigenvalue weighted by Crippen LogP contribution is 1.46. The minimum absolute atomic E-state index is 0. The Kier molecular flexibility index (Phi) is 17.2. The van der Waals surface area contributed by atoms with Crippen molar-refractivity contribution in [3.63, 3.8) is 0 Å². The fourth-order valence-electron chi connectivity index (χ4n) is 0. The monoisotopic (exact) mass is 71.1 g/mol. The molecule has 0 heterocycles. The van der Waals surface area contributed by atoms with Crippen molar-refractivity contribution in [3.05, 3.63) is 18.4 Å². The largest absolute Gasteiger partial charge is 0.344 e. The summed E-state index contributed by atoms with van der Waals surface area (Å²) in [5.41, 5.74) is 2.56. The predicted octanol–water partition coefficient (Wildman–Crippen LogP) is 1.51. The van der Waals surface area contributed by atoms with Crippen LogP contribution in [0.15, 0.2) is 18.4 Å². The third-order valence-corrected chi connectivity index (χ3v) is 0.204.